The maximum Gasteiger partial charge on any atom is 0.321 e. The number of amides is 10. The molecule has 10 amide bonds. The van der Waals surface area contributed by atoms with E-state index in [4.69, 9.17) is 21.7 Å². The summed E-state index contributed by atoms with van der Waals surface area (Å²) in [6, 6.07) is 1.37. The van der Waals surface area contributed by atoms with Crippen molar-refractivity contribution >= 4 is 101 Å². The predicted octanol–water partition coefficient (Wildman–Crippen LogP) is -3.03. The number of aliphatic hydroxyl groups is 1. The third-order valence-corrected chi connectivity index (χ3v) is 17.1. The first-order chi connectivity index (χ1) is 40.4. The molecule has 3 saturated heterocycles. The first kappa shape index (κ1) is 69.4. The normalized spacial score (nSPS) is 24.8. The van der Waals surface area contributed by atoms with Gasteiger partial charge in [-0.1, -0.05) is 36.8 Å². The van der Waals surface area contributed by atoms with Crippen molar-refractivity contribution in [2.45, 2.75) is 157 Å². The number of carboxylic acids is 1. The van der Waals surface area contributed by atoms with Crippen molar-refractivity contribution in [3.05, 3.63) is 35.9 Å². The molecular weight excluding hydrogens is 1170 g/mol. The molecule has 0 spiro atoms. The number of nitrogens with zero attached hydrogens (tertiary/aromatic N) is 3. The number of guanidine groups is 1. The van der Waals surface area contributed by atoms with Crippen LogP contribution in [0, 0.1) is 11.8 Å². The van der Waals surface area contributed by atoms with Gasteiger partial charge < -0.3 is 83.8 Å². The van der Waals surface area contributed by atoms with Gasteiger partial charge in [-0.15, -0.1) is 11.8 Å². The molecule has 8 atom stereocenters. The van der Waals surface area contributed by atoms with E-state index in [1.165, 1.54) is 9.80 Å². The minimum Gasteiger partial charge on any atom is -0.481 e. The minimum absolute atomic E-state index is 0.0122. The van der Waals surface area contributed by atoms with Crippen LogP contribution in [-0.2, 0) is 75.5 Å². The summed E-state index contributed by atoms with van der Waals surface area (Å²) in [6.07, 6.45) is 3.72. The molecule has 1 aromatic rings. The number of nitrogens with one attached hydrogen (secondary N) is 7. The monoisotopic (exact) mass is 1250 g/mol. The van der Waals surface area contributed by atoms with Gasteiger partial charge in [-0.2, -0.15) is 0 Å². The Balaban J connectivity index is 1.05. The number of nitrogens with two attached hydrogens (primary N) is 3. The second kappa shape index (κ2) is 34.7. The first-order valence-electron chi connectivity index (χ1n) is 28.6. The lowest BCUT2D eigenvalue weighted by atomic mass is 9.81. The second-order valence-corrected chi connectivity index (χ2v) is 25.6. The van der Waals surface area contributed by atoms with E-state index in [1.54, 1.807) is 30.3 Å². The third kappa shape index (κ3) is 24.2. The Labute approximate surface area is 501 Å². The van der Waals surface area contributed by atoms with E-state index in [0.717, 1.165) is 11.8 Å². The number of unbranched alkanes of at least 4 members (excludes halogenated alkanes) is 3. The van der Waals surface area contributed by atoms with Crippen LogP contribution in [-0.4, -0.2) is 200 Å². The molecule has 1 unspecified atom stereocenters. The quantitative estimate of drug-likeness (QED) is 0.0125. The van der Waals surface area contributed by atoms with Gasteiger partial charge in [0, 0.05) is 63.7 Å². The van der Waals surface area contributed by atoms with Crippen molar-refractivity contribution in [2.24, 2.45) is 34.0 Å². The molecule has 32 heteroatoms. The SMILES string of the molecule is NC(N)=NCCC[C@@H]1NC(=O)[C@H](CCCCNC(=O)[C@@H](N)CSC2CC(=O)N(CC3CCC(C(=O)NCCCCCC(=O)N4C[C@H](O)C[C@H]4COP(O)(O)=S)CC3)C2=O)NC(=O)[C@@H](Cc2ccccc2)NC(=O)[C@H](CC(=O)O)NC(=O)CNC1=O. The Morgan fingerprint density at radius 1 is 0.812 bits per heavy atom. The lowest BCUT2D eigenvalue weighted by Crippen LogP contribution is -2.58. The van der Waals surface area contributed by atoms with Gasteiger partial charge in [-0.25, -0.2) is 0 Å². The summed E-state index contributed by atoms with van der Waals surface area (Å²) in [4.78, 5) is 171. The number of carboxylic acid groups (broad SMARTS) is 1. The van der Waals surface area contributed by atoms with Gasteiger partial charge in [0.15, 0.2) is 5.96 Å². The molecule has 5 rings (SSSR count). The Morgan fingerprint density at radius 2 is 1.45 bits per heavy atom. The maximum absolute atomic E-state index is 14.1. The summed E-state index contributed by atoms with van der Waals surface area (Å²) in [5.41, 5.74) is 17.7. The number of aliphatic carboxylic acids is 1. The van der Waals surface area contributed by atoms with Crippen LogP contribution in [0.3, 0.4) is 0 Å². The molecule has 29 nitrogen and oxygen atoms in total. The number of carbonyl (C=O) groups excluding carboxylic acids is 10. The van der Waals surface area contributed by atoms with Gasteiger partial charge in [0.25, 0.3) is 0 Å². The number of carbonyl (C=O) groups is 11. The number of aliphatic imine (C=N–C) groups is 1. The Hall–Kier alpha value is -6.34. The van der Waals surface area contributed by atoms with Gasteiger partial charge in [-0.3, -0.25) is 62.6 Å². The van der Waals surface area contributed by atoms with Crippen LogP contribution in [0.25, 0.3) is 0 Å². The van der Waals surface area contributed by atoms with Crippen LogP contribution in [0.15, 0.2) is 35.3 Å². The van der Waals surface area contributed by atoms with E-state index >= 15 is 0 Å². The van der Waals surface area contributed by atoms with E-state index in [0.29, 0.717) is 57.1 Å². The number of imide groups is 1. The highest BCUT2D eigenvalue weighted by Crippen LogP contribution is 2.38. The van der Waals surface area contributed by atoms with Gasteiger partial charge in [0.1, 0.15) is 24.2 Å². The first-order valence-corrected chi connectivity index (χ1v) is 32.3. The topological polar surface area (TPSA) is 459 Å². The zero-order valence-electron chi connectivity index (χ0n) is 47.4. The van der Waals surface area contributed by atoms with Crippen LogP contribution in [0.5, 0.6) is 0 Å². The lowest BCUT2D eigenvalue weighted by Gasteiger charge is -2.30. The second-order valence-electron chi connectivity index (χ2n) is 21.7. The fraction of sp³-hybridized carbons (Fsp3) is 0.660. The van der Waals surface area contributed by atoms with Crippen LogP contribution >= 0.6 is 18.5 Å². The number of hydrogen-bond donors (Lipinski definition) is 14. The van der Waals surface area contributed by atoms with Gasteiger partial charge >= 0.3 is 12.7 Å². The molecule has 0 aromatic heterocycles. The van der Waals surface area contributed by atoms with E-state index < -0.39 is 109 Å². The summed E-state index contributed by atoms with van der Waals surface area (Å²) in [6.45, 7) is -3.81. The smallest absolute Gasteiger partial charge is 0.321 e. The van der Waals surface area contributed by atoms with E-state index in [-0.39, 0.29) is 138 Å². The molecule has 17 N–H and O–H groups in total. The molecule has 1 saturated carbocycles. The largest absolute Gasteiger partial charge is 0.481 e. The highest BCUT2D eigenvalue weighted by atomic mass is 32.5. The summed E-state index contributed by atoms with van der Waals surface area (Å²) in [5.74, 6) is -7.63. The number of likely N-dealkylation sites (tertiary alicyclic amines) is 2. The Kier molecular flexibility index (Phi) is 28.4. The third-order valence-electron chi connectivity index (χ3n) is 15.0. The number of aliphatic hydroxyl groups excluding tert-OH is 1. The summed E-state index contributed by atoms with van der Waals surface area (Å²) in [5, 5.41) is 37.1. The average molecular weight is 1250 g/mol. The molecule has 1 aromatic carbocycles. The van der Waals surface area contributed by atoms with Crippen molar-refractivity contribution in [3.8, 4) is 0 Å². The van der Waals surface area contributed by atoms with E-state index in [2.05, 4.69) is 54.0 Å². The molecule has 1 aliphatic carbocycles. The molecule has 3 heterocycles. The molecule has 85 heavy (non-hydrogen) atoms. The predicted molar refractivity (Wildman–Crippen MR) is 313 cm³/mol. The number of rotatable bonds is 29. The Morgan fingerprint density at radius 3 is 2.13 bits per heavy atom. The highest BCUT2D eigenvalue weighted by Gasteiger charge is 2.42. The zero-order chi connectivity index (χ0) is 62.2. The van der Waals surface area contributed by atoms with Crippen molar-refractivity contribution in [1.82, 2.24) is 47.0 Å². The molecule has 3 aliphatic heterocycles. The average Bonchev–Trinajstić information content (AvgIpc) is 3.37. The molecular formula is C53H82N13O16PS2. The van der Waals surface area contributed by atoms with Crippen LogP contribution in [0.1, 0.15) is 108 Å². The summed E-state index contributed by atoms with van der Waals surface area (Å²) >= 11 is 5.59. The number of β-amino-alcohol motifs (C(OH)–C–C–N with tert-alkyl or cyclic N) is 1. The lowest BCUT2D eigenvalue weighted by molar-refractivity contribution is -0.141. The number of thioether (sulfide) groups is 1. The van der Waals surface area contributed by atoms with Crippen molar-refractivity contribution in [3.63, 3.8) is 0 Å². The van der Waals surface area contributed by atoms with Gasteiger partial charge in [0.05, 0.1) is 43.0 Å². The summed E-state index contributed by atoms with van der Waals surface area (Å²) in [7, 11) is 0. The maximum atomic E-state index is 14.1. The molecule has 4 fully saturated rings. The fourth-order valence-corrected chi connectivity index (χ4v) is 12.1. The standard InChI is InChI=1S/C53H82N13O16PS2/c54-36(30-85-41-25-44(70)66(52(41)79)27-32-15-17-33(18-16-32)46(73)57-19-7-2-5-14-43(69)65-28-35(67)23-34(65)29-82-83(80,81)84)47(74)58-20-8-6-12-38-49(76)62-37(13-9-21-59-53(55)56)48(75)60-26-42(68)61-40(24-45(71)72)51(78)64-39(50(77)63-38)22-31-10-3-1-4-11-31/h1,3-4,10-11,32-41,67H,2,5-9,12-30,54H2,(H,57,73)(H,58,74)(H,60,75)(H,61,68)(H,62,76)(H,63,77)(H,64,78)(H,71,72)(H4,55,56,59)(H2,80,81,84)/t32?,33?,34-,35+,36-,37-,38-,39+,40-,41?/m0/s1. The van der Waals surface area contributed by atoms with Crippen LogP contribution < -0.4 is 54.4 Å². The van der Waals surface area contributed by atoms with E-state index in [9.17, 15) is 72.7 Å². The highest BCUT2D eigenvalue weighted by molar-refractivity contribution is 8.06. The van der Waals surface area contributed by atoms with Crippen molar-refractivity contribution in [2.75, 3.05) is 51.6 Å². The minimum atomic E-state index is -3.89. The van der Waals surface area contributed by atoms with Crippen molar-refractivity contribution < 1.29 is 77.3 Å². The molecule has 472 valence electrons. The van der Waals surface area contributed by atoms with Crippen molar-refractivity contribution in [1.29, 1.82) is 0 Å². The number of hydrogen-bond acceptors (Lipinski definition) is 17. The van der Waals surface area contributed by atoms with E-state index in [1.807, 2.05) is 0 Å². The van der Waals surface area contributed by atoms with Crippen LogP contribution in [0.2, 0.25) is 0 Å². The molecule has 0 bridgehead atoms. The Bertz CT molecular complexity index is 2590. The summed E-state index contributed by atoms with van der Waals surface area (Å²) < 4.78 is 4.92. The van der Waals surface area contributed by atoms with Crippen LogP contribution in [0.4, 0.5) is 0 Å². The van der Waals surface area contributed by atoms with Gasteiger partial charge in [0.2, 0.25) is 59.1 Å². The number of benzene rings is 1. The fourth-order valence-electron chi connectivity index (χ4n) is 10.4. The zero-order valence-corrected chi connectivity index (χ0v) is 49.9. The molecule has 4 aliphatic rings. The molecule has 0 radical (unpaired) electrons. The van der Waals surface area contributed by atoms with Gasteiger partial charge in [-0.05, 0) is 100 Å².